The van der Waals surface area contributed by atoms with Crippen LogP contribution in [-0.2, 0) is 4.74 Å². The van der Waals surface area contributed by atoms with Gasteiger partial charge in [0.25, 0.3) is 0 Å². The van der Waals surface area contributed by atoms with Crippen molar-refractivity contribution in [2.45, 2.75) is 58.7 Å². The fourth-order valence-electron chi connectivity index (χ4n) is 2.46. The molecule has 1 fully saturated rings. The Morgan fingerprint density at radius 2 is 2.00 bits per heavy atom. The van der Waals surface area contributed by atoms with E-state index >= 15 is 0 Å². The van der Waals surface area contributed by atoms with Gasteiger partial charge in [0.05, 0.1) is 12.2 Å². The summed E-state index contributed by atoms with van der Waals surface area (Å²) in [5.41, 5.74) is 0. The van der Waals surface area contributed by atoms with Crippen LogP contribution in [0.25, 0.3) is 0 Å². The molecule has 2 atom stereocenters. The van der Waals surface area contributed by atoms with Gasteiger partial charge in [-0.25, -0.2) is 0 Å². The number of likely N-dealkylation sites (N-methyl/N-ethyl adjacent to an activating group) is 1. The van der Waals surface area contributed by atoms with Crippen LogP contribution in [0.15, 0.2) is 0 Å². The number of rotatable bonds is 9. The average molecular weight is 256 g/mol. The third-order valence-corrected chi connectivity index (χ3v) is 3.53. The summed E-state index contributed by atoms with van der Waals surface area (Å²) in [5, 5.41) is 3.50. The molecule has 3 heteroatoms. The topological polar surface area (TPSA) is 24.5 Å². The number of ether oxygens (including phenoxy) is 1. The van der Waals surface area contributed by atoms with E-state index in [9.17, 15) is 0 Å². The first-order valence-electron chi connectivity index (χ1n) is 7.66. The third kappa shape index (κ3) is 6.72. The van der Waals surface area contributed by atoms with Gasteiger partial charge in [0.2, 0.25) is 0 Å². The van der Waals surface area contributed by atoms with E-state index in [0.29, 0.717) is 12.2 Å². The number of hydrogen-bond acceptors (Lipinski definition) is 3. The highest BCUT2D eigenvalue weighted by Crippen LogP contribution is 2.19. The second-order valence-corrected chi connectivity index (χ2v) is 6.13. The van der Waals surface area contributed by atoms with E-state index in [4.69, 9.17) is 4.74 Å². The Morgan fingerprint density at radius 3 is 2.67 bits per heavy atom. The molecule has 0 bridgehead atoms. The number of unbranched alkanes of at least 4 members (excludes halogenated alkanes) is 1. The van der Waals surface area contributed by atoms with Gasteiger partial charge in [-0.2, -0.15) is 0 Å². The Morgan fingerprint density at radius 1 is 1.28 bits per heavy atom. The van der Waals surface area contributed by atoms with Crippen LogP contribution in [0.5, 0.6) is 0 Å². The summed E-state index contributed by atoms with van der Waals surface area (Å²) in [7, 11) is 2.21. The molecular formula is C15H32N2O. The van der Waals surface area contributed by atoms with Crippen LogP contribution in [0.4, 0.5) is 0 Å². The minimum absolute atomic E-state index is 0.438. The van der Waals surface area contributed by atoms with Crippen LogP contribution in [0.3, 0.4) is 0 Å². The second-order valence-electron chi connectivity index (χ2n) is 6.13. The summed E-state index contributed by atoms with van der Waals surface area (Å²) in [6, 6.07) is 0. The van der Waals surface area contributed by atoms with Crippen molar-refractivity contribution in [1.29, 1.82) is 0 Å². The molecule has 0 spiro atoms. The average Bonchev–Trinajstić information content (AvgIpc) is 2.73. The van der Waals surface area contributed by atoms with Crippen molar-refractivity contribution in [2.24, 2.45) is 5.92 Å². The van der Waals surface area contributed by atoms with Gasteiger partial charge < -0.3 is 15.0 Å². The minimum atomic E-state index is 0.438. The van der Waals surface area contributed by atoms with Gasteiger partial charge in [0.15, 0.2) is 0 Å². The van der Waals surface area contributed by atoms with Crippen molar-refractivity contribution in [3.05, 3.63) is 0 Å². The predicted molar refractivity (Wildman–Crippen MR) is 78.0 cm³/mol. The fraction of sp³-hybridized carbons (Fsp3) is 1.00. The zero-order chi connectivity index (χ0) is 13.4. The smallest absolute Gasteiger partial charge is 0.0707 e. The normalized spacial score (nSPS) is 24.3. The Kier molecular flexibility index (Phi) is 7.87. The molecule has 0 aromatic rings. The largest absolute Gasteiger partial charge is 0.372 e. The van der Waals surface area contributed by atoms with Gasteiger partial charge in [-0.1, -0.05) is 27.2 Å². The molecule has 0 amide bonds. The Labute approximate surface area is 113 Å². The molecule has 1 N–H and O–H groups in total. The van der Waals surface area contributed by atoms with Crippen LogP contribution in [-0.4, -0.2) is 50.3 Å². The molecule has 1 aliphatic heterocycles. The van der Waals surface area contributed by atoms with Crippen molar-refractivity contribution in [3.8, 4) is 0 Å². The van der Waals surface area contributed by atoms with Gasteiger partial charge in [-0.15, -0.1) is 0 Å². The van der Waals surface area contributed by atoms with E-state index in [1.165, 1.54) is 32.2 Å². The summed E-state index contributed by atoms with van der Waals surface area (Å²) < 4.78 is 6.09. The van der Waals surface area contributed by atoms with E-state index in [-0.39, 0.29) is 0 Å². The van der Waals surface area contributed by atoms with Crippen molar-refractivity contribution < 1.29 is 4.74 Å². The Balaban J connectivity index is 2.09. The van der Waals surface area contributed by atoms with E-state index in [0.717, 1.165) is 25.6 Å². The lowest BCUT2D eigenvalue weighted by molar-refractivity contribution is 0.0275. The first-order chi connectivity index (χ1) is 8.61. The lowest BCUT2D eigenvalue weighted by Gasteiger charge is -2.21. The first-order valence-corrected chi connectivity index (χ1v) is 7.66. The lowest BCUT2D eigenvalue weighted by Crippen LogP contribution is -2.33. The highest BCUT2D eigenvalue weighted by molar-refractivity contribution is 4.77. The molecule has 0 saturated carbocycles. The monoisotopic (exact) mass is 256 g/mol. The van der Waals surface area contributed by atoms with E-state index in [1.54, 1.807) is 0 Å². The highest BCUT2D eigenvalue weighted by atomic mass is 16.5. The molecule has 0 radical (unpaired) electrons. The molecule has 0 aromatic carbocycles. The molecular weight excluding hydrogens is 224 g/mol. The van der Waals surface area contributed by atoms with E-state index in [1.807, 2.05) is 0 Å². The van der Waals surface area contributed by atoms with Crippen molar-refractivity contribution in [1.82, 2.24) is 10.2 Å². The molecule has 3 nitrogen and oxygen atoms in total. The standard InChI is InChI=1S/C15H32N2O/c1-5-6-9-17(4)12-15-8-7-14(18-15)11-16-10-13(2)3/h13-16H,5-12H2,1-4H3. The fourth-order valence-corrected chi connectivity index (χ4v) is 2.46. The minimum Gasteiger partial charge on any atom is -0.372 e. The summed E-state index contributed by atoms with van der Waals surface area (Å²) in [4.78, 5) is 2.41. The highest BCUT2D eigenvalue weighted by Gasteiger charge is 2.25. The maximum Gasteiger partial charge on any atom is 0.0707 e. The summed E-state index contributed by atoms with van der Waals surface area (Å²) in [6.45, 7) is 11.2. The first kappa shape index (κ1) is 15.9. The summed E-state index contributed by atoms with van der Waals surface area (Å²) in [5.74, 6) is 0.724. The summed E-state index contributed by atoms with van der Waals surface area (Å²) >= 11 is 0. The molecule has 2 unspecified atom stereocenters. The molecule has 18 heavy (non-hydrogen) atoms. The SMILES string of the molecule is CCCCN(C)CC1CCC(CNCC(C)C)O1. The van der Waals surface area contributed by atoms with Gasteiger partial charge >= 0.3 is 0 Å². The lowest BCUT2D eigenvalue weighted by atomic mass is 10.1. The number of nitrogens with one attached hydrogen (secondary N) is 1. The van der Waals surface area contributed by atoms with Crippen LogP contribution in [0.1, 0.15) is 46.5 Å². The second kappa shape index (κ2) is 8.89. The third-order valence-electron chi connectivity index (χ3n) is 3.53. The zero-order valence-corrected chi connectivity index (χ0v) is 12.7. The summed E-state index contributed by atoms with van der Waals surface area (Å²) in [6.07, 6.45) is 5.91. The van der Waals surface area contributed by atoms with Crippen molar-refractivity contribution in [2.75, 3.05) is 33.2 Å². The maximum atomic E-state index is 6.09. The molecule has 108 valence electrons. The van der Waals surface area contributed by atoms with Crippen LogP contribution in [0, 0.1) is 5.92 Å². The van der Waals surface area contributed by atoms with Crippen molar-refractivity contribution in [3.63, 3.8) is 0 Å². The molecule has 1 heterocycles. The van der Waals surface area contributed by atoms with Gasteiger partial charge in [0.1, 0.15) is 0 Å². The molecule has 1 aliphatic rings. The van der Waals surface area contributed by atoms with Crippen molar-refractivity contribution >= 4 is 0 Å². The van der Waals surface area contributed by atoms with Crippen LogP contribution < -0.4 is 5.32 Å². The van der Waals surface area contributed by atoms with Crippen LogP contribution >= 0.6 is 0 Å². The number of hydrogen-bond donors (Lipinski definition) is 1. The Hall–Kier alpha value is -0.120. The van der Waals surface area contributed by atoms with Gasteiger partial charge in [-0.05, 0) is 45.3 Å². The number of nitrogens with zero attached hydrogens (tertiary/aromatic N) is 1. The van der Waals surface area contributed by atoms with E-state index in [2.05, 4.69) is 38.0 Å². The quantitative estimate of drug-likeness (QED) is 0.686. The molecule has 1 saturated heterocycles. The Bertz CT molecular complexity index is 209. The molecule has 0 aromatic heterocycles. The zero-order valence-electron chi connectivity index (χ0n) is 12.7. The van der Waals surface area contributed by atoms with E-state index < -0.39 is 0 Å². The van der Waals surface area contributed by atoms with Gasteiger partial charge in [0, 0.05) is 13.1 Å². The van der Waals surface area contributed by atoms with Gasteiger partial charge in [-0.3, -0.25) is 0 Å². The molecule has 0 aliphatic carbocycles. The molecule has 1 rings (SSSR count). The van der Waals surface area contributed by atoms with Crippen LogP contribution in [0.2, 0.25) is 0 Å². The maximum absolute atomic E-state index is 6.09. The predicted octanol–water partition coefficient (Wildman–Crippen LogP) is 2.51.